The molecule has 0 saturated carbocycles. The molecule has 0 aliphatic heterocycles. The highest BCUT2D eigenvalue weighted by Crippen LogP contribution is 2.32. The van der Waals surface area contributed by atoms with Gasteiger partial charge in [0.1, 0.15) is 17.9 Å². The smallest absolute Gasteiger partial charge is 0.231 e. The Bertz CT molecular complexity index is 1310. The summed E-state index contributed by atoms with van der Waals surface area (Å²) in [6, 6.07) is 16.8. The van der Waals surface area contributed by atoms with E-state index < -0.39 is 0 Å². The largest absolute Gasteiger partial charge is 0.480 e. The van der Waals surface area contributed by atoms with Crippen LogP contribution in [0.3, 0.4) is 0 Å². The second-order valence-electron chi connectivity index (χ2n) is 6.76. The molecule has 150 valence electrons. The van der Waals surface area contributed by atoms with E-state index in [1.165, 1.54) is 0 Å². The zero-order valence-electron chi connectivity index (χ0n) is 16.2. The molecule has 0 radical (unpaired) electrons. The third-order valence-corrected chi connectivity index (χ3v) is 4.83. The van der Waals surface area contributed by atoms with Gasteiger partial charge in [-0.3, -0.25) is 0 Å². The summed E-state index contributed by atoms with van der Waals surface area (Å²) >= 11 is 0. The molecule has 4 heterocycles. The van der Waals surface area contributed by atoms with Gasteiger partial charge >= 0.3 is 0 Å². The minimum atomic E-state index is -0.249. The first-order valence-corrected chi connectivity index (χ1v) is 9.44. The van der Waals surface area contributed by atoms with Crippen LogP contribution in [0.1, 0.15) is 11.6 Å². The lowest BCUT2D eigenvalue weighted by Crippen LogP contribution is -2.19. The van der Waals surface area contributed by atoms with Crippen molar-refractivity contribution >= 4 is 16.6 Å². The van der Waals surface area contributed by atoms with Crippen LogP contribution in [0.2, 0.25) is 0 Å². The number of nitrogens with two attached hydrogens (primary N) is 1. The third-order valence-electron chi connectivity index (χ3n) is 4.83. The molecule has 0 spiro atoms. The molecule has 4 aromatic heterocycles. The van der Waals surface area contributed by atoms with E-state index in [9.17, 15) is 0 Å². The van der Waals surface area contributed by atoms with Gasteiger partial charge < -0.3 is 19.6 Å². The molecule has 5 rings (SSSR count). The van der Waals surface area contributed by atoms with Gasteiger partial charge in [-0.05, 0) is 17.7 Å². The summed E-state index contributed by atoms with van der Waals surface area (Å²) in [7, 11) is 1.58. The standard InChI is InChI=1S/C22H19N5O3/c1-28-22-15-11-19(30-18(15)9-10-24-22)17-12-25-20-7-8-21(26-27(17)20)29-13-16(23)14-5-3-2-4-6-14/h2-12,16H,13,23H2,1H3. The van der Waals surface area contributed by atoms with Crippen molar-refractivity contribution in [2.75, 3.05) is 13.7 Å². The molecule has 0 aliphatic rings. The predicted octanol–water partition coefficient (Wildman–Crippen LogP) is 3.62. The Kier molecular flexibility index (Phi) is 4.53. The molecule has 2 N–H and O–H groups in total. The maximum atomic E-state index is 6.22. The number of hydrogen-bond donors (Lipinski definition) is 1. The molecule has 0 fully saturated rings. The number of benzene rings is 1. The van der Waals surface area contributed by atoms with Crippen molar-refractivity contribution in [1.29, 1.82) is 0 Å². The number of imidazole rings is 1. The van der Waals surface area contributed by atoms with Crippen molar-refractivity contribution in [3.05, 3.63) is 72.6 Å². The van der Waals surface area contributed by atoms with Crippen LogP contribution in [0.15, 0.2) is 71.4 Å². The van der Waals surface area contributed by atoms with Crippen LogP contribution in [0.4, 0.5) is 0 Å². The Balaban J connectivity index is 1.45. The van der Waals surface area contributed by atoms with Crippen LogP contribution in [0.5, 0.6) is 11.8 Å². The van der Waals surface area contributed by atoms with Crippen molar-refractivity contribution in [1.82, 2.24) is 19.6 Å². The SMILES string of the molecule is COc1nccc2oc(-c3cnc4ccc(OCC(N)c5ccccc5)nn34)cc12. The highest BCUT2D eigenvalue weighted by atomic mass is 16.5. The van der Waals surface area contributed by atoms with Crippen LogP contribution in [-0.4, -0.2) is 33.3 Å². The molecule has 0 bridgehead atoms. The van der Waals surface area contributed by atoms with Crippen LogP contribution in [0.25, 0.3) is 28.1 Å². The maximum Gasteiger partial charge on any atom is 0.231 e. The van der Waals surface area contributed by atoms with Gasteiger partial charge in [0.2, 0.25) is 11.8 Å². The molecule has 0 aliphatic carbocycles. The maximum absolute atomic E-state index is 6.22. The fourth-order valence-electron chi connectivity index (χ4n) is 3.30. The molecule has 30 heavy (non-hydrogen) atoms. The molecular formula is C22H19N5O3. The van der Waals surface area contributed by atoms with E-state index in [2.05, 4.69) is 15.1 Å². The number of methoxy groups -OCH3 is 1. The number of fused-ring (bicyclic) bond motifs is 2. The molecule has 8 nitrogen and oxygen atoms in total. The Morgan fingerprint density at radius 2 is 1.97 bits per heavy atom. The van der Waals surface area contributed by atoms with Gasteiger partial charge in [0.25, 0.3) is 0 Å². The summed E-state index contributed by atoms with van der Waals surface area (Å²) in [5.74, 6) is 1.56. The minimum absolute atomic E-state index is 0.249. The van der Waals surface area contributed by atoms with Crippen molar-refractivity contribution in [2.45, 2.75) is 6.04 Å². The summed E-state index contributed by atoms with van der Waals surface area (Å²) in [6.45, 7) is 0.306. The molecule has 1 atom stereocenters. The number of nitrogens with zero attached hydrogens (tertiary/aromatic N) is 4. The molecule has 5 aromatic rings. The van der Waals surface area contributed by atoms with Crippen LogP contribution in [0, 0.1) is 0 Å². The van der Waals surface area contributed by atoms with E-state index in [0.29, 0.717) is 41.1 Å². The Morgan fingerprint density at radius 3 is 2.80 bits per heavy atom. The van der Waals surface area contributed by atoms with Crippen molar-refractivity contribution < 1.29 is 13.9 Å². The lowest BCUT2D eigenvalue weighted by atomic mass is 10.1. The van der Waals surface area contributed by atoms with Gasteiger partial charge in [0.05, 0.1) is 24.7 Å². The molecule has 1 aromatic carbocycles. The first-order chi connectivity index (χ1) is 14.7. The van der Waals surface area contributed by atoms with E-state index in [0.717, 1.165) is 10.9 Å². The van der Waals surface area contributed by atoms with Gasteiger partial charge in [-0.1, -0.05) is 30.3 Å². The second kappa shape index (κ2) is 7.49. The average Bonchev–Trinajstić information content (AvgIpc) is 3.41. The quantitative estimate of drug-likeness (QED) is 0.464. The van der Waals surface area contributed by atoms with E-state index >= 15 is 0 Å². The number of furan rings is 1. The Hall–Kier alpha value is -3.91. The average molecular weight is 401 g/mol. The van der Waals surface area contributed by atoms with Crippen molar-refractivity contribution in [3.63, 3.8) is 0 Å². The first kappa shape index (κ1) is 18.1. The molecule has 8 heteroatoms. The number of pyridine rings is 1. The first-order valence-electron chi connectivity index (χ1n) is 9.44. The summed E-state index contributed by atoms with van der Waals surface area (Å²) in [5.41, 5.74) is 9.27. The number of rotatable bonds is 6. The summed E-state index contributed by atoms with van der Waals surface area (Å²) in [5, 5.41) is 5.34. The van der Waals surface area contributed by atoms with E-state index in [4.69, 9.17) is 19.6 Å². The fourth-order valence-corrected chi connectivity index (χ4v) is 3.30. The highest BCUT2D eigenvalue weighted by molar-refractivity contribution is 5.86. The van der Waals surface area contributed by atoms with Crippen LogP contribution in [-0.2, 0) is 0 Å². The second-order valence-corrected chi connectivity index (χ2v) is 6.76. The number of hydrogen-bond acceptors (Lipinski definition) is 7. The molecule has 0 saturated heterocycles. The van der Waals surface area contributed by atoms with Crippen molar-refractivity contribution in [2.24, 2.45) is 5.73 Å². The Labute approximate surface area is 171 Å². The third kappa shape index (κ3) is 3.23. The molecule has 1 unspecified atom stereocenters. The summed E-state index contributed by atoms with van der Waals surface area (Å²) < 4.78 is 18.8. The van der Waals surface area contributed by atoms with Gasteiger partial charge in [-0.2, -0.15) is 0 Å². The van der Waals surface area contributed by atoms with Crippen molar-refractivity contribution in [3.8, 4) is 23.2 Å². The number of aromatic nitrogens is 4. The van der Waals surface area contributed by atoms with E-state index in [1.54, 1.807) is 36.2 Å². The topological polar surface area (TPSA) is 101 Å². The highest BCUT2D eigenvalue weighted by Gasteiger charge is 2.16. The normalized spacial score (nSPS) is 12.3. The van der Waals surface area contributed by atoms with Gasteiger partial charge in [0.15, 0.2) is 11.4 Å². The van der Waals surface area contributed by atoms with Crippen LogP contribution >= 0.6 is 0 Å². The summed E-state index contributed by atoms with van der Waals surface area (Å²) in [4.78, 5) is 8.62. The van der Waals surface area contributed by atoms with E-state index in [1.807, 2.05) is 42.5 Å². The monoisotopic (exact) mass is 401 g/mol. The number of ether oxygens (including phenoxy) is 2. The molecule has 0 amide bonds. The van der Waals surface area contributed by atoms with E-state index in [-0.39, 0.29) is 6.04 Å². The minimum Gasteiger partial charge on any atom is -0.480 e. The predicted molar refractivity (Wildman–Crippen MR) is 111 cm³/mol. The van der Waals surface area contributed by atoms with Gasteiger partial charge in [-0.25, -0.2) is 14.5 Å². The molecular weight excluding hydrogens is 382 g/mol. The van der Waals surface area contributed by atoms with Gasteiger partial charge in [-0.15, -0.1) is 5.10 Å². The summed E-state index contributed by atoms with van der Waals surface area (Å²) in [6.07, 6.45) is 3.35. The zero-order valence-corrected chi connectivity index (χ0v) is 16.2. The lowest BCUT2D eigenvalue weighted by Gasteiger charge is -2.13. The lowest BCUT2D eigenvalue weighted by molar-refractivity contribution is 0.276. The fraction of sp³-hybridized carbons (Fsp3) is 0.136. The van der Waals surface area contributed by atoms with Crippen LogP contribution < -0.4 is 15.2 Å². The zero-order chi connectivity index (χ0) is 20.5. The Morgan fingerprint density at radius 1 is 1.10 bits per heavy atom. The van der Waals surface area contributed by atoms with Gasteiger partial charge in [0, 0.05) is 18.3 Å².